The van der Waals surface area contributed by atoms with E-state index in [0.29, 0.717) is 25.4 Å². The second-order valence-corrected chi connectivity index (χ2v) is 7.49. The molecule has 2 heterocycles. The molecule has 2 aromatic rings. The van der Waals surface area contributed by atoms with Gasteiger partial charge in [0.25, 0.3) is 5.91 Å². The van der Waals surface area contributed by atoms with E-state index in [9.17, 15) is 18.0 Å². The van der Waals surface area contributed by atoms with Gasteiger partial charge in [0.05, 0.1) is 18.8 Å². The highest BCUT2D eigenvalue weighted by molar-refractivity contribution is 6.32. The van der Waals surface area contributed by atoms with Gasteiger partial charge >= 0.3 is 6.18 Å². The number of benzene rings is 1. The molecule has 0 bridgehead atoms. The molecule has 1 aliphatic heterocycles. The first-order chi connectivity index (χ1) is 14.7. The minimum Gasteiger partial charge on any atom is -0.497 e. The Labute approximate surface area is 182 Å². The van der Waals surface area contributed by atoms with E-state index in [2.05, 4.69) is 9.72 Å². The number of methoxy groups -OCH3 is 1. The Bertz CT molecular complexity index is 904. The second-order valence-electron chi connectivity index (χ2n) is 7.09. The first kappa shape index (κ1) is 23.1. The summed E-state index contributed by atoms with van der Waals surface area (Å²) in [5, 5.41) is -0.173. The van der Waals surface area contributed by atoms with E-state index in [1.54, 1.807) is 18.1 Å². The Morgan fingerprint density at radius 3 is 2.81 bits per heavy atom. The zero-order chi connectivity index (χ0) is 22.4. The van der Waals surface area contributed by atoms with Crippen molar-refractivity contribution in [3.8, 4) is 11.6 Å². The summed E-state index contributed by atoms with van der Waals surface area (Å²) in [5.41, 5.74) is 1.00. The van der Waals surface area contributed by atoms with Crippen molar-refractivity contribution in [1.82, 2.24) is 9.88 Å². The van der Waals surface area contributed by atoms with Crippen LogP contribution in [0.1, 0.15) is 28.8 Å². The van der Waals surface area contributed by atoms with Crippen LogP contribution in [0.4, 0.5) is 13.2 Å². The van der Waals surface area contributed by atoms with E-state index >= 15 is 0 Å². The molecule has 1 aromatic heterocycles. The fraction of sp³-hybridized carbons (Fsp3) is 0.429. The van der Waals surface area contributed by atoms with Gasteiger partial charge < -0.3 is 19.1 Å². The van der Waals surface area contributed by atoms with E-state index in [1.165, 1.54) is 6.07 Å². The zero-order valence-corrected chi connectivity index (χ0v) is 17.6. The average Bonchev–Trinajstić information content (AvgIpc) is 3.24. The van der Waals surface area contributed by atoms with Gasteiger partial charge in [-0.3, -0.25) is 4.79 Å². The minimum absolute atomic E-state index is 0.0904. The summed E-state index contributed by atoms with van der Waals surface area (Å²) in [5.74, 6) is -0.0815. The summed E-state index contributed by atoms with van der Waals surface area (Å²) in [6.07, 6.45) is -1.69. The van der Waals surface area contributed by atoms with Crippen LogP contribution in [0.15, 0.2) is 36.5 Å². The number of carbonyl (C=O) groups is 1. The number of ether oxygens (including phenoxy) is 3. The van der Waals surface area contributed by atoms with Crippen molar-refractivity contribution in [3.63, 3.8) is 0 Å². The van der Waals surface area contributed by atoms with E-state index in [4.69, 9.17) is 21.1 Å². The lowest BCUT2D eigenvalue weighted by molar-refractivity contribution is -0.154. The van der Waals surface area contributed by atoms with Crippen LogP contribution in [0.2, 0.25) is 5.02 Å². The number of hydrogen-bond acceptors (Lipinski definition) is 5. The van der Waals surface area contributed by atoms with Crippen LogP contribution in [-0.2, 0) is 11.3 Å². The summed E-state index contributed by atoms with van der Waals surface area (Å²) in [4.78, 5) is 18.6. The van der Waals surface area contributed by atoms with Gasteiger partial charge in [-0.15, -0.1) is 0 Å². The normalized spacial score (nSPS) is 16.2. The number of carbonyl (C=O) groups excluding carboxylic acids is 1. The summed E-state index contributed by atoms with van der Waals surface area (Å²) in [7, 11) is 1.56. The highest BCUT2D eigenvalue weighted by Crippen LogP contribution is 2.26. The molecular weight excluding hydrogens is 437 g/mol. The molecule has 1 atom stereocenters. The minimum atomic E-state index is -4.52. The van der Waals surface area contributed by atoms with E-state index in [0.717, 1.165) is 24.6 Å². The molecule has 3 rings (SSSR count). The van der Waals surface area contributed by atoms with Gasteiger partial charge in [-0.05, 0) is 36.6 Å². The monoisotopic (exact) mass is 458 g/mol. The number of hydrogen-bond donors (Lipinski definition) is 0. The maximum Gasteiger partial charge on any atom is 0.422 e. The standard InChI is InChI=1S/C21H22ClF3N2O4/c1-29-16-5-2-4-14(8-16)11-27(12-17-6-3-7-30-17)20(28)15-9-18(22)19(26-10-15)31-13-21(23,24)25/h2,4-5,8-10,17H,3,6-7,11-13H2,1H3. The highest BCUT2D eigenvalue weighted by atomic mass is 35.5. The second kappa shape index (κ2) is 10.2. The fourth-order valence-corrected chi connectivity index (χ4v) is 3.45. The summed E-state index contributed by atoms with van der Waals surface area (Å²) >= 11 is 6.01. The lowest BCUT2D eigenvalue weighted by Gasteiger charge is -2.26. The summed E-state index contributed by atoms with van der Waals surface area (Å²) < 4.78 is 52.6. The average molecular weight is 459 g/mol. The van der Waals surface area contributed by atoms with Crippen molar-refractivity contribution in [3.05, 3.63) is 52.7 Å². The number of halogens is 4. The molecule has 1 aliphatic rings. The molecule has 6 nitrogen and oxygen atoms in total. The Kier molecular flexibility index (Phi) is 7.61. The third kappa shape index (κ3) is 6.73. The SMILES string of the molecule is COc1cccc(CN(CC2CCCO2)C(=O)c2cnc(OCC(F)(F)F)c(Cl)c2)c1. The number of alkyl halides is 3. The van der Waals surface area contributed by atoms with Crippen molar-refractivity contribution in [2.24, 2.45) is 0 Å². The third-order valence-corrected chi connectivity index (χ3v) is 4.94. The maximum atomic E-state index is 13.2. The predicted molar refractivity (Wildman–Crippen MR) is 108 cm³/mol. The van der Waals surface area contributed by atoms with Gasteiger partial charge in [0, 0.05) is 25.9 Å². The molecular formula is C21H22ClF3N2O4. The van der Waals surface area contributed by atoms with Crippen molar-refractivity contribution >= 4 is 17.5 Å². The molecule has 0 N–H and O–H groups in total. The van der Waals surface area contributed by atoms with E-state index < -0.39 is 12.8 Å². The Morgan fingerprint density at radius 1 is 1.35 bits per heavy atom. The molecule has 0 aliphatic carbocycles. The molecule has 0 spiro atoms. The first-order valence-electron chi connectivity index (χ1n) is 9.64. The first-order valence-corrected chi connectivity index (χ1v) is 10.0. The van der Waals surface area contributed by atoms with Gasteiger partial charge in [0.15, 0.2) is 6.61 Å². The van der Waals surface area contributed by atoms with E-state index in [-0.39, 0.29) is 28.5 Å². The van der Waals surface area contributed by atoms with Crippen molar-refractivity contribution in [2.75, 3.05) is 26.9 Å². The number of pyridine rings is 1. The maximum absolute atomic E-state index is 13.2. The molecule has 1 amide bonds. The lowest BCUT2D eigenvalue weighted by Crippen LogP contribution is -2.37. The van der Waals surface area contributed by atoms with Gasteiger partial charge in [-0.2, -0.15) is 13.2 Å². The molecule has 1 aromatic carbocycles. The van der Waals surface area contributed by atoms with E-state index in [1.807, 2.05) is 18.2 Å². The van der Waals surface area contributed by atoms with Crippen LogP contribution in [-0.4, -0.2) is 54.9 Å². The van der Waals surface area contributed by atoms with Crippen molar-refractivity contribution < 1.29 is 32.2 Å². The van der Waals surface area contributed by atoms with Crippen LogP contribution in [0.5, 0.6) is 11.6 Å². The lowest BCUT2D eigenvalue weighted by atomic mass is 10.1. The van der Waals surface area contributed by atoms with Crippen LogP contribution < -0.4 is 9.47 Å². The predicted octanol–water partition coefficient (Wildman–Crippen LogP) is 4.51. The highest BCUT2D eigenvalue weighted by Gasteiger charge is 2.29. The third-order valence-electron chi connectivity index (χ3n) is 4.67. The number of aromatic nitrogens is 1. The number of amides is 1. The van der Waals surface area contributed by atoms with Gasteiger partial charge in [-0.1, -0.05) is 23.7 Å². The quantitative estimate of drug-likeness (QED) is 0.582. The van der Waals surface area contributed by atoms with Crippen molar-refractivity contribution in [2.45, 2.75) is 31.7 Å². The topological polar surface area (TPSA) is 60.9 Å². The number of nitrogens with zero attached hydrogens (tertiary/aromatic N) is 2. The van der Waals surface area contributed by atoms with Gasteiger partial charge in [0.2, 0.25) is 5.88 Å². The van der Waals surface area contributed by atoms with Crippen LogP contribution in [0, 0.1) is 0 Å². The number of rotatable bonds is 8. The van der Waals surface area contributed by atoms with Gasteiger partial charge in [0.1, 0.15) is 10.8 Å². The van der Waals surface area contributed by atoms with Crippen LogP contribution >= 0.6 is 11.6 Å². The molecule has 1 unspecified atom stereocenters. The molecule has 168 valence electrons. The largest absolute Gasteiger partial charge is 0.497 e. The Hall–Kier alpha value is -2.52. The smallest absolute Gasteiger partial charge is 0.422 e. The molecule has 1 saturated heterocycles. The van der Waals surface area contributed by atoms with Crippen LogP contribution in [0.25, 0.3) is 0 Å². The fourth-order valence-electron chi connectivity index (χ4n) is 3.23. The molecule has 10 heteroatoms. The summed E-state index contributed by atoms with van der Waals surface area (Å²) in [6.45, 7) is -0.224. The Morgan fingerprint density at radius 2 is 2.16 bits per heavy atom. The van der Waals surface area contributed by atoms with Crippen LogP contribution in [0.3, 0.4) is 0 Å². The summed E-state index contributed by atoms with van der Waals surface area (Å²) in [6, 6.07) is 8.59. The Balaban J connectivity index is 1.78. The molecule has 0 saturated carbocycles. The van der Waals surface area contributed by atoms with Crippen molar-refractivity contribution in [1.29, 1.82) is 0 Å². The molecule has 0 radical (unpaired) electrons. The molecule has 31 heavy (non-hydrogen) atoms. The molecule has 1 fully saturated rings. The zero-order valence-electron chi connectivity index (χ0n) is 16.8. The van der Waals surface area contributed by atoms with Gasteiger partial charge in [-0.25, -0.2) is 4.98 Å².